The Labute approximate surface area is 117 Å². The van der Waals surface area contributed by atoms with Gasteiger partial charge in [0, 0.05) is 6.20 Å². The number of nitrogens with zero attached hydrogens (tertiary/aromatic N) is 1. The van der Waals surface area contributed by atoms with Crippen LogP contribution in [-0.4, -0.2) is 4.98 Å². The standard InChI is InChI=1S/C15H16ClN3/c16-14-9-13(6-7-18-14)15(19-17)12-5-4-10-2-1-3-11(10)8-12/h4-9,15,19H,1-3,17H2. The van der Waals surface area contributed by atoms with Crippen LogP contribution < -0.4 is 11.3 Å². The molecule has 0 fully saturated rings. The number of hydrogen-bond donors (Lipinski definition) is 2. The Morgan fingerprint density at radius 2 is 1.89 bits per heavy atom. The molecule has 3 N–H and O–H groups in total. The quantitative estimate of drug-likeness (QED) is 0.514. The van der Waals surface area contributed by atoms with Crippen molar-refractivity contribution >= 4 is 11.6 Å². The Hall–Kier alpha value is -1.42. The molecule has 1 aliphatic rings. The summed E-state index contributed by atoms with van der Waals surface area (Å²) in [7, 11) is 0. The van der Waals surface area contributed by atoms with Crippen molar-refractivity contribution < 1.29 is 0 Å². The molecular formula is C15H16ClN3. The van der Waals surface area contributed by atoms with Crippen LogP contribution in [0.3, 0.4) is 0 Å². The van der Waals surface area contributed by atoms with Gasteiger partial charge < -0.3 is 0 Å². The van der Waals surface area contributed by atoms with E-state index in [1.165, 1.54) is 29.5 Å². The number of fused-ring (bicyclic) bond motifs is 1. The van der Waals surface area contributed by atoms with E-state index in [1.807, 2.05) is 12.1 Å². The fraction of sp³-hybridized carbons (Fsp3) is 0.267. The first-order valence-corrected chi connectivity index (χ1v) is 6.85. The number of benzene rings is 1. The summed E-state index contributed by atoms with van der Waals surface area (Å²) in [6.07, 6.45) is 5.31. The van der Waals surface area contributed by atoms with Crippen molar-refractivity contribution in [1.29, 1.82) is 0 Å². The molecule has 3 rings (SSSR count). The van der Waals surface area contributed by atoms with Gasteiger partial charge in [0.1, 0.15) is 5.15 Å². The first-order chi connectivity index (χ1) is 9.28. The first-order valence-electron chi connectivity index (χ1n) is 6.47. The van der Waals surface area contributed by atoms with Crippen molar-refractivity contribution in [2.24, 2.45) is 5.84 Å². The molecule has 0 bridgehead atoms. The fourth-order valence-corrected chi connectivity index (χ4v) is 2.94. The molecule has 0 saturated carbocycles. The zero-order valence-corrected chi connectivity index (χ0v) is 11.3. The maximum Gasteiger partial charge on any atom is 0.129 e. The van der Waals surface area contributed by atoms with Crippen LogP contribution in [0.25, 0.3) is 0 Å². The lowest BCUT2D eigenvalue weighted by molar-refractivity contribution is 0.635. The maximum atomic E-state index is 5.95. The van der Waals surface area contributed by atoms with Gasteiger partial charge in [0.05, 0.1) is 6.04 Å². The Bertz CT molecular complexity index is 598. The number of nitrogens with two attached hydrogens (primary N) is 1. The predicted octanol–water partition coefficient (Wildman–Crippen LogP) is 2.78. The minimum Gasteiger partial charge on any atom is -0.271 e. The summed E-state index contributed by atoms with van der Waals surface area (Å²) in [4.78, 5) is 4.00. The van der Waals surface area contributed by atoms with Gasteiger partial charge in [-0.3, -0.25) is 5.84 Å². The van der Waals surface area contributed by atoms with Gasteiger partial charge in [0.15, 0.2) is 0 Å². The summed E-state index contributed by atoms with van der Waals surface area (Å²) < 4.78 is 0. The molecule has 98 valence electrons. The average molecular weight is 274 g/mol. The number of halogens is 1. The Kier molecular flexibility index (Phi) is 3.51. The molecule has 1 heterocycles. The van der Waals surface area contributed by atoms with Crippen molar-refractivity contribution in [2.75, 3.05) is 0 Å². The zero-order chi connectivity index (χ0) is 13.2. The Morgan fingerprint density at radius 3 is 2.68 bits per heavy atom. The molecule has 4 heteroatoms. The minimum atomic E-state index is -0.0496. The van der Waals surface area contributed by atoms with Crippen molar-refractivity contribution in [3.05, 3.63) is 63.9 Å². The van der Waals surface area contributed by atoms with E-state index in [9.17, 15) is 0 Å². The van der Waals surface area contributed by atoms with Crippen LogP contribution in [0.2, 0.25) is 5.15 Å². The smallest absolute Gasteiger partial charge is 0.129 e. The summed E-state index contributed by atoms with van der Waals surface area (Å²) in [6.45, 7) is 0. The number of pyridine rings is 1. The van der Waals surface area contributed by atoms with Gasteiger partial charge in [-0.1, -0.05) is 29.8 Å². The van der Waals surface area contributed by atoms with Crippen molar-refractivity contribution in [3.8, 4) is 0 Å². The highest BCUT2D eigenvalue weighted by molar-refractivity contribution is 6.29. The molecular weight excluding hydrogens is 258 g/mol. The Morgan fingerprint density at radius 1 is 1.11 bits per heavy atom. The number of aryl methyl sites for hydroxylation is 2. The first kappa shape index (κ1) is 12.6. The van der Waals surface area contributed by atoms with Crippen LogP contribution in [0.4, 0.5) is 0 Å². The second kappa shape index (κ2) is 5.29. The zero-order valence-electron chi connectivity index (χ0n) is 10.6. The van der Waals surface area contributed by atoms with Crippen molar-refractivity contribution in [3.63, 3.8) is 0 Å². The van der Waals surface area contributed by atoms with E-state index < -0.39 is 0 Å². The number of hydrazine groups is 1. The summed E-state index contributed by atoms with van der Waals surface area (Å²) in [5.41, 5.74) is 7.97. The van der Waals surface area contributed by atoms with Crippen LogP contribution in [0, 0.1) is 0 Å². The minimum absolute atomic E-state index is 0.0496. The highest BCUT2D eigenvalue weighted by Gasteiger charge is 2.17. The molecule has 0 spiro atoms. The number of rotatable bonds is 3. The average Bonchev–Trinajstić information content (AvgIpc) is 2.87. The van der Waals surface area contributed by atoms with Gasteiger partial charge in [0.2, 0.25) is 0 Å². The topological polar surface area (TPSA) is 50.9 Å². The number of aromatic nitrogens is 1. The normalized spacial score (nSPS) is 15.3. The van der Waals surface area contributed by atoms with Gasteiger partial charge in [0.25, 0.3) is 0 Å². The molecule has 3 nitrogen and oxygen atoms in total. The third-order valence-corrected chi connectivity index (χ3v) is 3.91. The SMILES string of the molecule is NNC(c1ccnc(Cl)c1)c1ccc2c(c1)CCC2. The summed E-state index contributed by atoms with van der Waals surface area (Å²) >= 11 is 5.95. The van der Waals surface area contributed by atoms with Gasteiger partial charge in [-0.15, -0.1) is 0 Å². The summed E-state index contributed by atoms with van der Waals surface area (Å²) in [6, 6.07) is 10.3. The van der Waals surface area contributed by atoms with Crippen LogP contribution in [-0.2, 0) is 12.8 Å². The molecule has 0 radical (unpaired) electrons. The molecule has 1 aromatic heterocycles. The molecule has 0 amide bonds. The third kappa shape index (κ3) is 2.50. The molecule has 1 atom stereocenters. The van der Waals surface area contributed by atoms with Gasteiger partial charge >= 0.3 is 0 Å². The summed E-state index contributed by atoms with van der Waals surface area (Å²) in [5.74, 6) is 5.72. The predicted molar refractivity (Wildman–Crippen MR) is 76.9 cm³/mol. The third-order valence-electron chi connectivity index (χ3n) is 3.71. The molecule has 1 unspecified atom stereocenters. The van der Waals surface area contributed by atoms with E-state index in [2.05, 4.69) is 28.6 Å². The van der Waals surface area contributed by atoms with E-state index in [1.54, 1.807) is 6.20 Å². The van der Waals surface area contributed by atoms with Crippen molar-refractivity contribution in [1.82, 2.24) is 10.4 Å². The molecule has 19 heavy (non-hydrogen) atoms. The van der Waals surface area contributed by atoms with E-state index in [-0.39, 0.29) is 6.04 Å². The largest absolute Gasteiger partial charge is 0.271 e. The molecule has 0 saturated heterocycles. The highest BCUT2D eigenvalue weighted by atomic mass is 35.5. The number of hydrogen-bond acceptors (Lipinski definition) is 3. The summed E-state index contributed by atoms with van der Waals surface area (Å²) in [5, 5.41) is 0.485. The highest BCUT2D eigenvalue weighted by Crippen LogP contribution is 2.28. The fourth-order valence-electron chi connectivity index (χ4n) is 2.75. The Balaban J connectivity index is 1.98. The van der Waals surface area contributed by atoms with E-state index in [4.69, 9.17) is 17.4 Å². The van der Waals surface area contributed by atoms with Gasteiger partial charge in [-0.05, 0) is 53.6 Å². The second-order valence-corrected chi connectivity index (χ2v) is 5.28. The van der Waals surface area contributed by atoms with Crippen LogP contribution in [0.5, 0.6) is 0 Å². The lowest BCUT2D eigenvalue weighted by atomic mass is 9.97. The molecule has 0 aliphatic heterocycles. The van der Waals surface area contributed by atoms with Crippen LogP contribution in [0.1, 0.15) is 34.7 Å². The van der Waals surface area contributed by atoms with Crippen LogP contribution in [0.15, 0.2) is 36.5 Å². The van der Waals surface area contributed by atoms with Gasteiger partial charge in [-0.2, -0.15) is 0 Å². The van der Waals surface area contributed by atoms with E-state index >= 15 is 0 Å². The van der Waals surface area contributed by atoms with Crippen molar-refractivity contribution in [2.45, 2.75) is 25.3 Å². The number of nitrogens with one attached hydrogen (secondary N) is 1. The lowest BCUT2D eigenvalue weighted by Crippen LogP contribution is -2.29. The van der Waals surface area contributed by atoms with E-state index in [0.29, 0.717) is 5.15 Å². The lowest BCUT2D eigenvalue weighted by Gasteiger charge is -2.18. The molecule has 1 aliphatic carbocycles. The van der Waals surface area contributed by atoms with E-state index in [0.717, 1.165) is 12.0 Å². The maximum absolute atomic E-state index is 5.95. The second-order valence-electron chi connectivity index (χ2n) is 4.89. The molecule has 1 aromatic carbocycles. The molecule has 2 aromatic rings. The van der Waals surface area contributed by atoms with Crippen LogP contribution >= 0.6 is 11.6 Å². The van der Waals surface area contributed by atoms with Gasteiger partial charge in [-0.25, -0.2) is 10.4 Å². The monoisotopic (exact) mass is 273 g/mol.